The molecule has 12 heteroatoms. The standard InChI is InChI=1S/C21H18F5N5O2/c22-20(23,21(24,25)26)13-1-3-14(4-2-13)29-19(33)12-9-16(17-5-7-28-30-17)18(27-10-12)31-8-6-15(32)11-31/h1-5,7,9-10,15,32H,6,8,11H2,(H,28,30)(H,29,33)/t15-/m1/s1. The topological polar surface area (TPSA) is 94.1 Å². The summed E-state index contributed by atoms with van der Waals surface area (Å²) >= 11 is 0. The van der Waals surface area contributed by atoms with Gasteiger partial charge in [0.05, 0.1) is 17.4 Å². The molecule has 3 N–H and O–H groups in total. The number of benzene rings is 1. The lowest BCUT2D eigenvalue weighted by atomic mass is 10.1. The number of nitrogens with zero attached hydrogens (tertiary/aromatic N) is 3. The summed E-state index contributed by atoms with van der Waals surface area (Å²) in [5.41, 5.74) is 0.0967. The van der Waals surface area contributed by atoms with Gasteiger partial charge in [-0.1, -0.05) is 12.1 Å². The second-order valence-corrected chi connectivity index (χ2v) is 7.56. The Bertz CT molecular complexity index is 1130. The van der Waals surface area contributed by atoms with Gasteiger partial charge in [0, 0.05) is 42.3 Å². The fourth-order valence-electron chi connectivity index (χ4n) is 3.50. The van der Waals surface area contributed by atoms with Gasteiger partial charge >= 0.3 is 12.1 Å². The van der Waals surface area contributed by atoms with Gasteiger partial charge in [0.15, 0.2) is 0 Å². The average Bonchev–Trinajstić information content (AvgIpc) is 3.45. The van der Waals surface area contributed by atoms with E-state index in [2.05, 4.69) is 20.5 Å². The molecule has 4 rings (SSSR count). The van der Waals surface area contributed by atoms with Gasteiger partial charge in [0.25, 0.3) is 5.91 Å². The van der Waals surface area contributed by atoms with Crippen molar-refractivity contribution in [2.45, 2.75) is 24.6 Å². The van der Waals surface area contributed by atoms with Crippen LogP contribution in [0.1, 0.15) is 22.3 Å². The monoisotopic (exact) mass is 467 g/mol. The van der Waals surface area contributed by atoms with Gasteiger partial charge in [-0.3, -0.25) is 9.89 Å². The minimum absolute atomic E-state index is 0.0385. The molecule has 0 aliphatic carbocycles. The second kappa shape index (κ2) is 8.43. The molecule has 0 radical (unpaired) electrons. The SMILES string of the molecule is O=C(Nc1ccc(C(F)(F)C(F)(F)F)cc1)c1cnc(N2CC[C@@H](O)C2)c(-c2ccn[nH]2)c1. The molecule has 1 aliphatic heterocycles. The number of halogens is 5. The number of hydrogen-bond donors (Lipinski definition) is 3. The molecule has 1 aromatic carbocycles. The van der Waals surface area contributed by atoms with Crippen LogP contribution in [-0.4, -0.2) is 51.6 Å². The number of hydrogen-bond acceptors (Lipinski definition) is 5. The number of nitrogens with one attached hydrogen (secondary N) is 2. The highest BCUT2D eigenvalue weighted by Crippen LogP contribution is 2.44. The lowest BCUT2D eigenvalue weighted by Gasteiger charge is -2.20. The van der Waals surface area contributed by atoms with Crippen LogP contribution in [0.15, 0.2) is 48.8 Å². The fraction of sp³-hybridized carbons (Fsp3) is 0.286. The van der Waals surface area contributed by atoms with Gasteiger partial charge < -0.3 is 15.3 Å². The van der Waals surface area contributed by atoms with E-state index in [0.717, 1.165) is 12.1 Å². The molecule has 7 nitrogen and oxygen atoms in total. The van der Waals surface area contributed by atoms with E-state index in [1.165, 1.54) is 12.4 Å². The summed E-state index contributed by atoms with van der Waals surface area (Å²) in [6.45, 7) is 0.963. The number of pyridine rings is 1. The Hall–Kier alpha value is -3.54. The smallest absolute Gasteiger partial charge is 0.391 e. The molecule has 3 aromatic rings. The van der Waals surface area contributed by atoms with Crippen LogP contribution >= 0.6 is 0 Å². The Morgan fingerprint density at radius 1 is 1.15 bits per heavy atom. The molecular formula is C21H18F5N5O2. The summed E-state index contributed by atoms with van der Waals surface area (Å²) in [4.78, 5) is 18.9. The number of β-amino-alcohol motifs (C(OH)–C–C–N with tert-alkyl or cyclic N) is 1. The molecule has 1 amide bonds. The zero-order valence-electron chi connectivity index (χ0n) is 16.9. The minimum atomic E-state index is -5.72. The highest BCUT2D eigenvalue weighted by atomic mass is 19.4. The molecule has 2 aromatic heterocycles. The maximum absolute atomic E-state index is 13.4. The van der Waals surface area contributed by atoms with Crippen LogP contribution in [0.5, 0.6) is 0 Å². The maximum Gasteiger partial charge on any atom is 0.458 e. The van der Waals surface area contributed by atoms with Gasteiger partial charge in [-0.15, -0.1) is 0 Å². The quantitative estimate of drug-likeness (QED) is 0.494. The normalized spacial score (nSPS) is 16.8. The van der Waals surface area contributed by atoms with Crippen molar-refractivity contribution >= 4 is 17.4 Å². The van der Waals surface area contributed by atoms with Crippen molar-refractivity contribution in [3.63, 3.8) is 0 Å². The van der Waals surface area contributed by atoms with Gasteiger partial charge in [-0.2, -0.15) is 27.1 Å². The summed E-state index contributed by atoms with van der Waals surface area (Å²) in [6, 6.07) is 6.40. The first-order chi connectivity index (χ1) is 15.6. The zero-order valence-corrected chi connectivity index (χ0v) is 16.9. The Morgan fingerprint density at radius 2 is 1.88 bits per heavy atom. The Balaban J connectivity index is 1.57. The largest absolute Gasteiger partial charge is 0.458 e. The fourth-order valence-corrected chi connectivity index (χ4v) is 3.50. The van der Waals surface area contributed by atoms with Crippen molar-refractivity contribution in [1.29, 1.82) is 0 Å². The minimum Gasteiger partial charge on any atom is -0.391 e. The average molecular weight is 467 g/mol. The van der Waals surface area contributed by atoms with Crippen molar-refractivity contribution in [2.75, 3.05) is 23.3 Å². The van der Waals surface area contributed by atoms with Crippen LogP contribution in [0.25, 0.3) is 11.3 Å². The number of alkyl halides is 5. The van der Waals surface area contributed by atoms with Crippen molar-refractivity contribution < 1.29 is 31.9 Å². The van der Waals surface area contributed by atoms with Crippen LogP contribution < -0.4 is 10.2 Å². The first kappa shape index (κ1) is 22.6. The molecular weight excluding hydrogens is 449 g/mol. The van der Waals surface area contributed by atoms with Gasteiger partial charge in [-0.05, 0) is 30.7 Å². The molecule has 1 atom stereocenters. The molecule has 0 saturated carbocycles. The summed E-state index contributed by atoms with van der Waals surface area (Å²) < 4.78 is 64.4. The summed E-state index contributed by atoms with van der Waals surface area (Å²) in [5, 5.41) is 19.0. The molecule has 1 fully saturated rings. The first-order valence-electron chi connectivity index (χ1n) is 9.85. The predicted molar refractivity (Wildman–Crippen MR) is 109 cm³/mol. The van der Waals surface area contributed by atoms with Crippen molar-refractivity contribution in [2.24, 2.45) is 0 Å². The van der Waals surface area contributed by atoms with Gasteiger partial charge in [-0.25, -0.2) is 4.98 Å². The number of carbonyl (C=O) groups is 1. The summed E-state index contributed by atoms with van der Waals surface area (Å²) in [6.07, 6.45) is -2.78. The number of aromatic amines is 1. The first-order valence-corrected chi connectivity index (χ1v) is 9.85. The molecule has 0 unspecified atom stereocenters. The highest BCUT2D eigenvalue weighted by molar-refractivity contribution is 6.05. The van der Waals surface area contributed by atoms with Gasteiger partial charge in [0.2, 0.25) is 0 Å². The third kappa shape index (κ3) is 4.51. The number of aromatic nitrogens is 3. The number of amides is 1. The predicted octanol–water partition coefficient (Wildman–Crippen LogP) is 3.95. The number of rotatable bonds is 5. The molecule has 0 spiro atoms. The number of H-pyrrole nitrogens is 1. The Labute approximate surface area is 184 Å². The van der Waals surface area contributed by atoms with Crippen molar-refractivity contribution in [3.8, 4) is 11.3 Å². The maximum atomic E-state index is 13.4. The van der Waals surface area contributed by atoms with Crippen molar-refractivity contribution in [3.05, 3.63) is 59.9 Å². The lowest BCUT2D eigenvalue weighted by molar-refractivity contribution is -0.289. The van der Waals surface area contributed by atoms with Crippen LogP contribution in [0.2, 0.25) is 0 Å². The third-order valence-corrected chi connectivity index (χ3v) is 5.24. The zero-order chi connectivity index (χ0) is 23.8. The molecule has 33 heavy (non-hydrogen) atoms. The number of carbonyl (C=O) groups excluding carboxylic acids is 1. The lowest BCUT2D eigenvalue weighted by Crippen LogP contribution is -2.33. The van der Waals surface area contributed by atoms with Crippen LogP contribution in [0.4, 0.5) is 33.5 Å². The number of aliphatic hydroxyl groups excluding tert-OH is 1. The van der Waals surface area contributed by atoms with E-state index < -0.39 is 29.7 Å². The number of anilines is 2. The van der Waals surface area contributed by atoms with E-state index in [0.29, 0.717) is 48.7 Å². The second-order valence-electron chi connectivity index (χ2n) is 7.56. The van der Waals surface area contributed by atoms with E-state index in [4.69, 9.17) is 0 Å². The number of aliphatic hydroxyl groups is 1. The van der Waals surface area contributed by atoms with E-state index in [1.807, 2.05) is 4.90 Å². The van der Waals surface area contributed by atoms with Gasteiger partial charge in [0.1, 0.15) is 5.82 Å². The molecule has 174 valence electrons. The summed E-state index contributed by atoms with van der Waals surface area (Å²) in [5.74, 6) is -5.09. The van der Waals surface area contributed by atoms with E-state index in [9.17, 15) is 31.9 Å². The molecule has 0 bridgehead atoms. The van der Waals surface area contributed by atoms with E-state index >= 15 is 0 Å². The molecule has 1 aliphatic rings. The molecule has 3 heterocycles. The van der Waals surface area contributed by atoms with Crippen LogP contribution in [0, 0.1) is 0 Å². The Kier molecular flexibility index (Phi) is 5.78. The van der Waals surface area contributed by atoms with Crippen molar-refractivity contribution in [1.82, 2.24) is 15.2 Å². The molecule has 1 saturated heterocycles. The van der Waals surface area contributed by atoms with E-state index in [1.54, 1.807) is 12.1 Å². The van der Waals surface area contributed by atoms with Crippen LogP contribution in [0.3, 0.4) is 0 Å². The van der Waals surface area contributed by atoms with Crippen LogP contribution in [-0.2, 0) is 5.92 Å². The Morgan fingerprint density at radius 3 is 2.45 bits per heavy atom. The summed E-state index contributed by atoms with van der Waals surface area (Å²) in [7, 11) is 0. The third-order valence-electron chi connectivity index (χ3n) is 5.24. The van der Waals surface area contributed by atoms with E-state index in [-0.39, 0.29) is 11.3 Å². The highest BCUT2D eigenvalue weighted by Gasteiger charge is 2.58.